The lowest BCUT2D eigenvalue weighted by molar-refractivity contribution is -0.139. The van der Waals surface area contributed by atoms with E-state index in [1.165, 1.54) is 23.1 Å². The highest BCUT2D eigenvalue weighted by atomic mass is 79.9. The number of fused-ring (bicyclic) bond motifs is 1. The van der Waals surface area contributed by atoms with Crippen molar-refractivity contribution < 1.29 is 18.7 Å². The first-order valence-electron chi connectivity index (χ1n) is 12.5. The number of aromatic nitrogens is 3. The van der Waals surface area contributed by atoms with Gasteiger partial charge < -0.3 is 13.9 Å². The Morgan fingerprint density at radius 2 is 2.00 bits per heavy atom. The van der Waals surface area contributed by atoms with Gasteiger partial charge in [-0.3, -0.25) is 9.36 Å². The number of esters is 1. The van der Waals surface area contributed by atoms with Crippen molar-refractivity contribution in [3.05, 3.63) is 95.5 Å². The molecule has 0 saturated carbocycles. The molecule has 0 spiro atoms. The van der Waals surface area contributed by atoms with Gasteiger partial charge in [0.05, 0.1) is 34.0 Å². The molecule has 0 aliphatic carbocycles. The van der Waals surface area contributed by atoms with Crippen LogP contribution in [0.1, 0.15) is 44.1 Å². The highest BCUT2D eigenvalue weighted by Crippen LogP contribution is 2.37. The van der Waals surface area contributed by atoms with Gasteiger partial charge >= 0.3 is 5.97 Å². The molecule has 0 unspecified atom stereocenters. The molecule has 4 heterocycles. The van der Waals surface area contributed by atoms with E-state index in [1.807, 2.05) is 31.2 Å². The van der Waals surface area contributed by atoms with Crippen molar-refractivity contribution in [3.8, 4) is 5.75 Å². The Balaban J connectivity index is 1.67. The fourth-order valence-corrected chi connectivity index (χ4v) is 6.60. The zero-order chi connectivity index (χ0) is 28.2. The second-order valence-corrected chi connectivity index (χ2v) is 11.4. The quantitative estimate of drug-likeness (QED) is 0.188. The monoisotopic (exact) mass is 640 g/mol. The van der Waals surface area contributed by atoms with Crippen LogP contribution in [0.15, 0.2) is 89.0 Å². The number of halogens is 1. The highest BCUT2D eigenvalue weighted by Gasteiger charge is 2.35. The first-order chi connectivity index (χ1) is 19.4. The second kappa shape index (κ2) is 12.4. The number of carbonyl (C=O) groups is 1. The average molecular weight is 642 g/mol. The van der Waals surface area contributed by atoms with E-state index in [0.29, 0.717) is 58.8 Å². The van der Waals surface area contributed by atoms with Crippen LogP contribution >= 0.6 is 39.0 Å². The van der Waals surface area contributed by atoms with E-state index in [1.54, 1.807) is 49.2 Å². The number of para-hydroxylation sites is 1. The number of furan rings is 1. The molecular formula is C28H25BrN4O5S2. The third-order valence-corrected chi connectivity index (χ3v) is 8.72. The summed E-state index contributed by atoms with van der Waals surface area (Å²) in [5.41, 5.74) is 1.32. The third-order valence-electron chi connectivity index (χ3n) is 6.00. The number of nitrogens with zero attached hydrogens (tertiary/aromatic N) is 4. The number of thiazole rings is 1. The van der Waals surface area contributed by atoms with E-state index in [0.717, 1.165) is 6.42 Å². The molecule has 5 rings (SSSR count). The van der Waals surface area contributed by atoms with E-state index in [4.69, 9.17) is 18.9 Å². The van der Waals surface area contributed by atoms with Crippen molar-refractivity contribution in [2.45, 2.75) is 43.0 Å². The van der Waals surface area contributed by atoms with Gasteiger partial charge in [-0.1, -0.05) is 42.9 Å². The molecule has 0 N–H and O–H groups in total. The lowest BCUT2D eigenvalue weighted by Gasteiger charge is -2.26. The molecule has 1 aromatic carbocycles. The molecule has 12 heteroatoms. The van der Waals surface area contributed by atoms with Gasteiger partial charge in [0, 0.05) is 24.0 Å². The number of benzene rings is 1. The van der Waals surface area contributed by atoms with Crippen LogP contribution < -0.4 is 19.6 Å². The zero-order valence-corrected chi connectivity index (χ0v) is 25.1. The van der Waals surface area contributed by atoms with Gasteiger partial charge in [-0.25, -0.2) is 19.8 Å². The molecule has 0 fully saturated rings. The van der Waals surface area contributed by atoms with Crippen LogP contribution in [0.2, 0.25) is 0 Å². The lowest BCUT2D eigenvalue weighted by Crippen LogP contribution is -2.40. The Bertz CT molecular complexity index is 1760. The molecule has 1 aliphatic heterocycles. The SMILES string of the molecule is CCCC1=C(C(=O)OCC)[C@@H](c2ccccc2OC)n2c(s/c(=C/c3cc(Br)c(Sc4ncccn4)o3)c2=O)=N1. The van der Waals surface area contributed by atoms with Crippen molar-refractivity contribution in [1.82, 2.24) is 14.5 Å². The molecular weight excluding hydrogens is 616 g/mol. The van der Waals surface area contributed by atoms with Crippen LogP contribution in [-0.4, -0.2) is 34.2 Å². The molecule has 0 bridgehead atoms. The van der Waals surface area contributed by atoms with Crippen LogP contribution in [0, 0.1) is 0 Å². The molecule has 1 atom stereocenters. The number of methoxy groups -OCH3 is 1. The van der Waals surface area contributed by atoms with Gasteiger partial charge in [-0.05, 0) is 59.2 Å². The summed E-state index contributed by atoms with van der Waals surface area (Å²) in [5, 5.41) is 1.10. The summed E-state index contributed by atoms with van der Waals surface area (Å²) in [6.45, 7) is 3.97. The molecule has 0 amide bonds. The Labute approximate surface area is 246 Å². The van der Waals surface area contributed by atoms with Gasteiger partial charge in [-0.15, -0.1) is 0 Å². The molecule has 9 nitrogen and oxygen atoms in total. The number of rotatable bonds is 9. The van der Waals surface area contributed by atoms with E-state index in [2.05, 4.69) is 25.9 Å². The van der Waals surface area contributed by atoms with E-state index >= 15 is 0 Å². The maximum absolute atomic E-state index is 14.0. The maximum Gasteiger partial charge on any atom is 0.338 e. The fraction of sp³-hybridized carbons (Fsp3) is 0.250. The molecule has 0 saturated heterocycles. The fourth-order valence-electron chi connectivity index (χ4n) is 4.37. The van der Waals surface area contributed by atoms with E-state index < -0.39 is 12.0 Å². The van der Waals surface area contributed by atoms with Crippen molar-refractivity contribution in [2.24, 2.45) is 4.99 Å². The first-order valence-corrected chi connectivity index (χ1v) is 15.0. The van der Waals surface area contributed by atoms with Gasteiger partial charge in [0.25, 0.3) is 5.56 Å². The minimum Gasteiger partial charge on any atom is -0.496 e. The van der Waals surface area contributed by atoms with Crippen LogP contribution in [0.5, 0.6) is 5.75 Å². The van der Waals surface area contributed by atoms with Crippen LogP contribution in [-0.2, 0) is 9.53 Å². The van der Waals surface area contributed by atoms with Crippen LogP contribution in [0.3, 0.4) is 0 Å². The zero-order valence-electron chi connectivity index (χ0n) is 21.9. The number of hydrogen-bond donors (Lipinski definition) is 0. The highest BCUT2D eigenvalue weighted by molar-refractivity contribution is 9.10. The number of carbonyl (C=O) groups excluding carboxylic acids is 1. The first kappa shape index (κ1) is 28.1. The Hall–Kier alpha value is -3.48. The Morgan fingerprint density at radius 3 is 2.73 bits per heavy atom. The van der Waals surface area contributed by atoms with Gasteiger partial charge in [0.2, 0.25) is 0 Å². The predicted molar refractivity (Wildman–Crippen MR) is 155 cm³/mol. The van der Waals surface area contributed by atoms with E-state index in [9.17, 15) is 9.59 Å². The normalized spacial score (nSPS) is 15.1. The smallest absolute Gasteiger partial charge is 0.338 e. The summed E-state index contributed by atoms with van der Waals surface area (Å²) >= 11 is 6.03. The van der Waals surface area contributed by atoms with Crippen molar-refractivity contribution >= 4 is 51.1 Å². The van der Waals surface area contributed by atoms with Crippen molar-refractivity contribution in [1.29, 1.82) is 0 Å². The predicted octanol–water partition coefficient (Wildman–Crippen LogP) is 4.88. The number of allylic oxidation sites excluding steroid dienone is 1. The molecule has 0 radical (unpaired) electrons. The minimum atomic E-state index is -0.764. The summed E-state index contributed by atoms with van der Waals surface area (Å²) in [6, 6.07) is 10.1. The second-order valence-electron chi connectivity index (χ2n) is 8.57. The third kappa shape index (κ3) is 5.56. The number of ether oxygens (including phenoxy) is 2. The Morgan fingerprint density at radius 1 is 1.23 bits per heavy atom. The summed E-state index contributed by atoms with van der Waals surface area (Å²) in [6.07, 6.45) is 6.31. The van der Waals surface area contributed by atoms with Gasteiger partial charge in [-0.2, -0.15) is 0 Å². The van der Waals surface area contributed by atoms with Gasteiger partial charge in [0.1, 0.15) is 17.6 Å². The Kier molecular flexibility index (Phi) is 8.67. The molecule has 4 aromatic rings. The van der Waals surface area contributed by atoms with Gasteiger partial charge in [0.15, 0.2) is 15.1 Å². The molecule has 40 heavy (non-hydrogen) atoms. The topological polar surface area (TPSA) is 109 Å². The maximum atomic E-state index is 14.0. The summed E-state index contributed by atoms with van der Waals surface area (Å²) in [4.78, 5) is 41.0. The lowest BCUT2D eigenvalue weighted by atomic mass is 9.93. The van der Waals surface area contributed by atoms with Crippen molar-refractivity contribution in [2.75, 3.05) is 13.7 Å². The number of hydrogen-bond acceptors (Lipinski definition) is 10. The summed E-state index contributed by atoms with van der Waals surface area (Å²) in [7, 11) is 1.56. The molecule has 1 aliphatic rings. The molecule has 3 aromatic heterocycles. The largest absolute Gasteiger partial charge is 0.496 e. The summed E-state index contributed by atoms with van der Waals surface area (Å²) in [5.74, 6) is 0.531. The van der Waals surface area contributed by atoms with E-state index in [-0.39, 0.29) is 12.2 Å². The molecule has 206 valence electrons. The average Bonchev–Trinajstić information content (AvgIpc) is 3.46. The summed E-state index contributed by atoms with van der Waals surface area (Å²) < 4.78 is 19.8. The van der Waals surface area contributed by atoms with Crippen LogP contribution in [0.25, 0.3) is 6.08 Å². The van der Waals surface area contributed by atoms with Crippen LogP contribution in [0.4, 0.5) is 0 Å². The standard InChI is InChI=1S/C28H25BrN4O5S2/c1-4-9-19-22(25(35)37-5-2)23(17-10-6-7-11-20(17)36-3)33-24(34)21(39-28(33)32-19)15-16-14-18(29)26(38-16)40-27-30-12-8-13-31-27/h6-8,10-15,23H,4-5,9H2,1-3H3/b21-15+/t23-/m1/s1. The van der Waals surface area contributed by atoms with Crippen molar-refractivity contribution in [3.63, 3.8) is 0 Å². The minimum absolute atomic E-state index is 0.201.